The molecule has 8 heteroatoms. The highest BCUT2D eigenvalue weighted by Gasteiger charge is 2.36. The van der Waals surface area contributed by atoms with Gasteiger partial charge in [0.2, 0.25) is 0 Å². The Morgan fingerprint density at radius 1 is 0.227 bits per heavy atom. The van der Waals surface area contributed by atoms with Crippen LogP contribution < -0.4 is 0 Å². The van der Waals surface area contributed by atoms with Gasteiger partial charge in [-0.15, -0.1) is 52.6 Å². The molecule has 0 bridgehead atoms. The van der Waals surface area contributed by atoms with E-state index < -0.39 is 0 Å². The minimum absolute atomic E-state index is 0.0822. The Morgan fingerprint density at radius 2 is 0.648 bits per heavy atom. The molecule has 8 rings (SSSR count). The number of hydrogen-bond acceptors (Lipinski definition) is 8. The van der Waals surface area contributed by atoms with Crippen molar-refractivity contribution in [2.75, 3.05) is 0 Å². The number of hydrogen-bond donors (Lipinski definition) is 8. The van der Waals surface area contributed by atoms with Gasteiger partial charge in [0.25, 0.3) is 0 Å². The van der Waals surface area contributed by atoms with Crippen molar-refractivity contribution in [2.45, 2.75) is 262 Å². The van der Waals surface area contributed by atoms with E-state index in [1.165, 1.54) is 19.3 Å². The molecular weight excluding hydrogens is 1090 g/mol. The van der Waals surface area contributed by atoms with E-state index >= 15 is 0 Å². The van der Waals surface area contributed by atoms with Crippen LogP contribution in [0.4, 0.5) is 0 Å². The SMILES string of the molecule is C=CC1CC(C)C(C)C(O)C1.C=CC1CC(C)C(O)C(C)C1.C=CC1CC(C)C(O)CC1C.C=CC1CC(C)CC(O)C1C.C=CC1CC(O)C(C)CC1C.C=CC1CC(O)CC(C)C1C.C=CC1CCC(C)C(O)C1C.C=CC1CCC(O)C(C)C1C. The van der Waals surface area contributed by atoms with Crippen molar-refractivity contribution >= 4 is 0 Å². The second-order valence-corrected chi connectivity index (χ2v) is 30.9. The number of aliphatic hydroxyl groups is 8. The maximum absolute atomic E-state index is 9.70. The summed E-state index contributed by atoms with van der Waals surface area (Å²) in [6.07, 6.45) is 32.1. The van der Waals surface area contributed by atoms with Crippen LogP contribution in [-0.2, 0) is 0 Å². The predicted octanol–water partition coefficient (Wildman–Crippen LogP) is 17.7. The third-order valence-electron chi connectivity index (χ3n) is 24.0. The molecule has 8 N–H and O–H groups in total. The number of aliphatic hydroxyl groups excluding tert-OH is 8. The Balaban J connectivity index is 0.000000503. The minimum atomic E-state index is -0.119. The summed E-state index contributed by atoms with van der Waals surface area (Å²) in [6, 6.07) is 0. The molecule has 8 aliphatic rings. The quantitative estimate of drug-likeness (QED) is 0.111. The summed E-state index contributed by atoms with van der Waals surface area (Å²) in [5.74, 6) is 13.0. The number of rotatable bonds is 8. The van der Waals surface area contributed by atoms with Crippen LogP contribution in [0.2, 0.25) is 0 Å². The summed E-state index contributed by atoms with van der Waals surface area (Å²) >= 11 is 0. The molecule has 30 atom stereocenters. The van der Waals surface area contributed by atoms with E-state index in [9.17, 15) is 40.9 Å². The lowest BCUT2D eigenvalue weighted by molar-refractivity contribution is 0.0134. The first kappa shape index (κ1) is 83.6. The summed E-state index contributed by atoms with van der Waals surface area (Å²) in [7, 11) is 0. The van der Waals surface area contributed by atoms with Crippen molar-refractivity contribution in [1.29, 1.82) is 0 Å². The van der Waals surface area contributed by atoms with Crippen molar-refractivity contribution < 1.29 is 40.9 Å². The standard InChI is InChI=1S/8C10H18O/c1-4-9-5-8(3)10(11)6-7(9)2;1-4-9-6-10(11)5-7(2)8(9)3;1-4-9-5-7(2)8(3)10(11)6-9;1-4-9-5-7(2)10(11)8(3)6-9;1-4-9-6-10(11)8(3)5-7(9)2;1-4-9-5-7(2)6-10(11)8(9)3;1-4-9-5-6-10(11)8(3)7(9)2;1-4-9-6-5-7(2)10(11)8(9)3/h8*4,7-11H,1,5-6H2,2-3H3. The van der Waals surface area contributed by atoms with Gasteiger partial charge in [-0.05, 0) is 245 Å². The van der Waals surface area contributed by atoms with E-state index in [0.717, 1.165) is 83.5 Å². The van der Waals surface area contributed by atoms with Crippen molar-refractivity contribution in [1.82, 2.24) is 0 Å². The highest BCUT2D eigenvalue weighted by Crippen LogP contribution is 2.40. The van der Waals surface area contributed by atoms with Gasteiger partial charge in [-0.1, -0.05) is 159 Å². The fourth-order valence-electron chi connectivity index (χ4n) is 15.8. The average Bonchev–Trinajstić information content (AvgIpc) is 3.50. The van der Waals surface area contributed by atoms with Crippen molar-refractivity contribution in [2.24, 2.45) is 142 Å². The zero-order chi connectivity index (χ0) is 67.4. The van der Waals surface area contributed by atoms with E-state index in [1.807, 2.05) is 48.6 Å². The Bertz CT molecular complexity index is 1780. The van der Waals surface area contributed by atoms with Gasteiger partial charge in [-0.3, -0.25) is 0 Å². The lowest BCUT2D eigenvalue weighted by Gasteiger charge is -2.35. The van der Waals surface area contributed by atoms with Crippen LogP contribution in [0.25, 0.3) is 0 Å². The molecule has 0 aromatic carbocycles. The minimum Gasteiger partial charge on any atom is -0.393 e. The van der Waals surface area contributed by atoms with Crippen LogP contribution in [0.3, 0.4) is 0 Å². The molecule has 0 amide bonds. The van der Waals surface area contributed by atoms with E-state index in [4.69, 9.17) is 0 Å². The Kier molecular flexibility index (Phi) is 40.6. The summed E-state index contributed by atoms with van der Waals surface area (Å²) in [5, 5.41) is 76.6. The fourth-order valence-corrected chi connectivity index (χ4v) is 15.8. The molecule has 0 heterocycles. The molecule has 0 aromatic heterocycles. The van der Waals surface area contributed by atoms with Gasteiger partial charge < -0.3 is 40.9 Å². The molecule has 0 radical (unpaired) electrons. The van der Waals surface area contributed by atoms with Gasteiger partial charge in [-0.25, -0.2) is 0 Å². The van der Waals surface area contributed by atoms with Crippen molar-refractivity contribution in [3.63, 3.8) is 0 Å². The second-order valence-electron chi connectivity index (χ2n) is 30.9. The molecular formula is C80H144O8. The average molecular weight is 1230 g/mol. The normalized spacial score (nSPS) is 45.4. The number of allylic oxidation sites excluding steroid dienone is 8. The Hall–Kier alpha value is -2.40. The predicted molar refractivity (Wildman–Crippen MR) is 378 cm³/mol. The molecule has 0 saturated heterocycles. The Labute approximate surface area is 543 Å². The first-order valence-electron chi connectivity index (χ1n) is 35.7. The lowest BCUT2D eigenvalue weighted by Crippen LogP contribution is -2.35. The van der Waals surface area contributed by atoms with Crippen LogP contribution in [0, 0.1) is 142 Å². The van der Waals surface area contributed by atoms with Crippen molar-refractivity contribution in [3.8, 4) is 0 Å². The molecule has 8 fully saturated rings. The third kappa shape index (κ3) is 27.7. The molecule has 8 nitrogen and oxygen atoms in total. The summed E-state index contributed by atoms with van der Waals surface area (Å²) in [5.41, 5.74) is 0. The largest absolute Gasteiger partial charge is 0.393 e. The monoisotopic (exact) mass is 1230 g/mol. The van der Waals surface area contributed by atoms with Gasteiger partial charge in [0, 0.05) is 0 Å². The van der Waals surface area contributed by atoms with Crippen molar-refractivity contribution in [3.05, 3.63) is 101 Å². The maximum Gasteiger partial charge on any atom is 0.0596 e. The highest BCUT2D eigenvalue weighted by atomic mass is 16.3. The van der Waals surface area contributed by atoms with Gasteiger partial charge in [0.1, 0.15) is 0 Å². The van der Waals surface area contributed by atoms with E-state index in [-0.39, 0.29) is 48.8 Å². The van der Waals surface area contributed by atoms with Gasteiger partial charge in [0.15, 0.2) is 0 Å². The van der Waals surface area contributed by atoms with Crippen LogP contribution in [-0.4, -0.2) is 89.7 Å². The smallest absolute Gasteiger partial charge is 0.0596 e. The molecule has 8 saturated carbocycles. The molecule has 88 heavy (non-hydrogen) atoms. The topological polar surface area (TPSA) is 162 Å². The molecule has 30 unspecified atom stereocenters. The molecule has 8 aliphatic carbocycles. The van der Waals surface area contributed by atoms with Gasteiger partial charge >= 0.3 is 0 Å². The summed E-state index contributed by atoms with van der Waals surface area (Å²) in [6.45, 7) is 65.0. The van der Waals surface area contributed by atoms with Gasteiger partial charge in [0.05, 0.1) is 48.8 Å². The third-order valence-corrected chi connectivity index (χ3v) is 24.0. The first-order chi connectivity index (χ1) is 41.2. The zero-order valence-electron chi connectivity index (χ0n) is 59.6. The van der Waals surface area contributed by atoms with Crippen LogP contribution in [0.15, 0.2) is 101 Å². The zero-order valence-corrected chi connectivity index (χ0v) is 59.6. The molecule has 0 aliphatic heterocycles. The maximum atomic E-state index is 9.70. The van der Waals surface area contributed by atoms with Gasteiger partial charge in [-0.2, -0.15) is 0 Å². The molecule has 0 aromatic rings. The lowest BCUT2D eigenvalue weighted by atomic mass is 9.72. The molecule has 512 valence electrons. The van der Waals surface area contributed by atoms with Crippen LogP contribution >= 0.6 is 0 Å². The summed E-state index contributed by atoms with van der Waals surface area (Å²) in [4.78, 5) is 0. The van der Waals surface area contributed by atoms with Crippen LogP contribution in [0.5, 0.6) is 0 Å². The molecule has 0 spiro atoms. The summed E-state index contributed by atoms with van der Waals surface area (Å²) < 4.78 is 0. The van der Waals surface area contributed by atoms with E-state index in [1.54, 1.807) is 0 Å². The second kappa shape index (κ2) is 42.8. The highest BCUT2D eigenvalue weighted by molar-refractivity contribution is 4.97. The van der Waals surface area contributed by atoms with Crippen LogP contribution in [0.1, 0.15) is 214 Å². The van der Waals surface area contributed by atoms with E-state index in [2.05, 4.69) is 163 Å². The van der Waals surface area contributed by atoms with E-state index in [0.29, 0.717) is 142 Å². The fraction of sp³-hybridized carbons (Fsp3) is 0.800. The Morgan fingerprint density at radius 3 is 1.16 bits per heavy atom. The first-order valence-corrected chi connectivity index (χ1v) is 35.7.